The number of phenolic OH excluding ortho intramolecular Hbond substituents is 1. The van der Waals surface area contributed by atoms with E-state index in [1.165, 1.54) is 42.8 Å². The number of likely N-dealkylation sites (tertiary alicyclic amines) is 1. The predicted molar refractivity (Wildman–Crippen MR) is 93.0 cm³/mol. The molecular weight excluding hydrogens is 306 g/mol. The normalized spacial score (nSPS) is 15.2. The molecule has 2 aromatic rings. The van der Waals surface area contributed by atoms with Gasteiger partial charge >= 0.3 is 0 Å². The van der Waals surface area contributed by atoms with Gasteiger partial charge in [0.2, 0.25) is 0 Å². The molecule has 0 aliphatic carbocycles. The zero-order valence-electron chi connectivity index (χ0n) is 13.3. The van der Waals surface area contributed by atoms with Crippen molar-refractivity contribution in [3.8, 4) is 5.75 Å². The van der Waals surface area contributed by atoms with E-state index in [0.29, 0.717) is 5.56 Å². The molecule has 0 aromatic heterocycles. The minimum Gasteiger partial charge on any atom is -0.507 e. The summed E-state index contributed by atoms with van der Waals surface area (Å²) >= 11 is 0. The second kappa shape index (κ2) is 7.23. The molecule has 124 valence electrons. The number of benzene rings is 2. The third-order valence-corrected chi connectivity index (χ3v) is 4.12. The van der Waals surface area contributed by atoms with Crippen LogP contribution in [-0.4, -0.2) is 34.2 Å². The molecule has 0 amide bonds. The summed E-state index contributed by atoms with van der Waals surface area (Å²) in [7, 11) is 0. The van der Waals surface area contributed by atoms with Gasteiger partial charge in [-0.1, -0.05) is 12.1 Å². The zero-order chi connectivity index (χ0) is 16.9. The molecule has 6 nitrogen and oxygen atoms in total. The van der Waals surface area contributed by atoms with Crippen LogP contribution in [0.2, 0.25) is 0 Å². The Labute approximate surface area is 140 Å². The number of phenols is 1. The van der Waals surface area contributed by atoms with Gasteiger partial charge in [0.05, 0.1) is 10.6 Å². The fraction of sp³-hybridized carbons (Fsp3) is 0.278. The van der Waals surface area contributed by atoms with Crippen LogP contribution >= 0.6 is 0 Å². The van der Waals surface area contributed by atoms with Crippen molar-refractivity contribution in [3.63, 3.8) is 0 Å². The lowest BCUT2D eigenvalue weighted by atomic mass is 10.2. The van der Waals surface area contributed by atoms with Gasteiger partial charge in [-0.05, 0) is 49.7 Å². The van der Waals surface area contributed by atoms with Crippen LogP contribution in [0.5, 0.6) is 5.75 Å². The Kier molecular flexibility index (Phi) is 4.86. The molecule has 0 bridgehead atoms. The molecule has 1 aliphatic heterocycles. The van der Waals surface area contributed by atoms with Gasteiger partial charge in [-0.2, -0.15) is 0 Å². The van der Waals surface area contributed by atoms with Crippen molar-refractivity contribution in [3.05, 3.63) is 63.7 Å². The highest BCUT2D eigenvalue weighted by Gasteiger charge is 2.11. The van der Waals surface area contributed by atoms with Crippen LogP contribution < -0.4 is 0 Å². The highest BCUT2D eigenvalue weighted by molar-refractivity contribution is 5.86. The van der Waals surface area contributed by atoms with Crippen molar-refractivity contribution in [2.75, 3.05) is 13.1 Å². The number of hydrogen-bond donors (Lipinski definition) is 1. The molecule has 24 heavy (non-hydrogen) atoms. The van der Waals surface area contributed by atoms with Crippen LogP contribution in [0.25, 0.3) is 0 Å². The number of aromatic hydroxyl groups is 1. The van der Waals surface area contributed by atoms with Crippen LogP contribution in [-0.2, 0) is 6.54 Å². The molecule has 1 N–H and O–H groups in total. The lowest BCUT2D eigenvalue weighted by molar-refractivity contribution is -0.384. The predicted octanol–water partition coefficient (Wildman–Crippen LogP) is 3.65. The van der Waals surface area contributed by atoms with Crippen LogP contribution in [0.3, 0.4) is 0 Å². The number of non-ortho nitro benzene ring substituents is 1. The van der Waals surface area contributed by atoms with Crippen molar-refractivity contribution in [1.29, 1.82) is 0 Å². The van der Waals surface area contributed by atoms with E-state index in [-0.39, 0.29) is 11.4 Å². The van der Waals surface area contributed by atoms with Gasteiger partial charge in [0.15, 0.2) is 0 Å². The minimum absolute atomic E-state index is 0.0324. The van der Waals surface area contributed by atoms with Crippen LogP contribution in [0, 0.1) is 10.1 Å². The number of nitro benzene ring substituents is 1. The summed E-state index contributed by atoms with van der Waals surface area (Å²) in [6.07, 6.45) is 3.99. The van der Waals surface area contributed by atoms with Crippen molar-refractivity contribution >= 4 is 17.6 Å². The molecule has 1 heterocycles. The zero-order valence-corrected chi connectivity index (χ0v) is 13.3. The fourth-order valence-corrected chi connectivity index (χ4v) is 2.79. The third kappa shape index (κ3) is 3.97. The Morgan fingerprint density at radius 1 is 1.17 bits per heavy atom. The first kappa shape index (κ1) is 16.1. The van der Waals surface area contributed by atoms with E-state index in [1.807, 2.05) is 24.3 Å². The molecule has 3 rings (SSSR count). The summed E-state index contributed by atoms with van der Waals surface area (Å²) in [6.45, 7) is 3.27. The lowest BCUT2D eigenvalue weighted by Crippen LogP contribution is -2.18. The standard InChI is InChI=1S/C18H19N3O3/c22-18-8-7-17(21(23)24)11-15(18)12-19-16-5-3-14(4-6-16)13-20-9-1-2-10-20/h3-8,11-12,22H,1-2,9-10,13H2. The van der Waals surface area contributed by atoms with E-state index in [9.17, 15) is 15.2 Å². The van der Waals surface area contributed by atoms with Crippen LogP contribution in [0.4, 0.5) is 11.4 Å². The maximum atomic E-state index is 10.8. The molecule has 0 saturated carbocycles. The third-order valence-electron chi connectivity index (χ3n) is 4.12. The van der Waals surface area contributed by atoms with Gasteiger partial charge < -0.3 is 5.11 Å². The van der Waals surface area contributed by atoms with E-state index in [1.54, 1.807) is 0 Å². The molecule has 2 aromatic carbocycles. The van der Waals surface area contributed by atoms with Gasteiger partial charge in [-0.3, -0.25) is 20.0 Å². The first-order valence-corrected chi connectivity index (χ1v) is 7.94. The molecule has 1 fully saturated rings. The number of hydrogen-bond acceptors (Lipinski definition) is 5. The van der Waals surface area contributed by atoms with E-state index in [2.05, 4.69) is 9.89 Å². The second-order valence-corrected chi connectivity index (χ2v) is 5.91. The summed E-state index contributed by atoms with van der Waals surface area (Å²) in [5.74, 6) is -0.0324. The second-order valence-electron chi connectivity index (χ2n) is 5.91. The van der Waals surface area contributed by atoms with E-state index < -0.39 is 4.92 Å². The summed E-state index contributed by atoms with van der Waals surface area (Å²) in [5.41, 5.74) is 2.24. The Morgan fingerprint density at radius 2 is 1.88 bits per heavy atom. The first-order chi connectivity index (χ1) is 11.6. The van der Waals surface area contributed by atoms with Crippen molar-refractivity contribution in [2.45, 2.75) is 19.4 Å². The minimum atomic E-state index is -0.496. The molecule has 0 unspecified atom stereocenters. The van der Waals surface area contributed by atoms with Crippen molar-refractivity contribution in [2.24, 2.45) is 4.99 Å². The molecule has 0 spiro atoms. The fourth-order valence-electron chi connectivity index (χ4n) is 2.79. The highest BCUT2D eigenvalue weighted by atomic mass is 16.6. The SMILES string of the molecule is O=[N+]([O-])c1ccc(O)c(C=Nc2ccc(CN3CCCC3)cc2)c1. The molecule has 0 atom stereocenters. The van der Waals surface area contributed by atoms with Gasteiger partial charge in [-0.15, -0.1) is 0 Å². The van der Waals surface area contributed by atoms with Crippen LogP contribution in [0.15, 0.2) is 47.5 Å². The lowest BCUT2D eigenvalue weighted by Gasteiger charge is -2.14. The maximum Gasteiger partial charge on any atom is 0.270 e. The summed E-state index contributed by atoms with van der Waals surface area (Å²) in [4.78, 5) is 17.0. The largest absolute Gasteiger partial charge is 0.507 e. The number of rotatable bonds is 5. The number of aliphatic imine (C=N–C) groups is 1. The van der Waals surface area contributed by atoms with Crippen molar-refractivity contribution in [1.82, 2.24) is 4.90 Å². The van der Waals surface area contributed by atoms with Crippen molar-refractivity contribution < 1.29 is 10.0 Å². The van der Waals surface area contributed by atoms with E-state index in [4.69, 9.17) is 0 Å². The number of nitro groups is 1. The number of nitrogens with zero attached hydrogens (tertiary/aromatic N) is 3. The average molecular weight is 325 g/mol. The average Bonchev–Trinajstić information content (AvgIpc) is 3.08. The summed E-state index contributed by atoms with van der Waals surface area (Å²) in [5, 5.41) is 20.6. The molecular formula is C18H19N3O3. The van der Waals surface area contributed by atoms with Gasteiger partial charge in [0.25, 0.3) is 5.69 Å². The van der Waals surface area contributed by atoms with E-state index >= 15 is 0 Å². The summed E-state index contributed by atoms with van der Waals surface area (Å²) in [6, 6.07) is 11.8. The van der Waals surface area contributed by atoms with Gasteiger partial charge in [-0.25, -0.2) is 0 Å². The summed E-state index contributed by atoms with van der Waals surface area (Å²) < 4.78 is 0. The quantitative estimate of drug-likeness (QED) is 0.517. The molecule has 1 aliphatic rings. The Morgan fingerprint density at radius 3 is 2.54 bits per heavy atom. The van der Waals surface area contributed by atoms with E-state index in [0.717, 1.165) is 25.3 Å². The first-order valence-electron chi connectivity index (χ1n) is 7.94. The monoisotopic (exact) mass is 325 g/mol. The molecule has 6 heteroatoms. The van der Waals surface area contributed by atoms with Gasteiger partial charge in [0.1, 0.15) is 5.75 Å². The maximum absolute atomic E-state index is 10.8. The molecule has 0 radical (unpaired) electrons. The highest BCUT2D eigenvalue weighted by Crippen LogP contribution is 2.23. The Balaban J connectivity index is 1.70. The Hall–Kier alpha value is -2.73. The smallest absolute Gasteiger partial charge is 0.270 e. The molecule has 1 saturated heterocycles. The topological polar surface area (TPSA) is 79.0 Å². The Bertz CT molecular complexity index is 751. The van der Waals surface area contributed by atoms with Crippen LogP contribution in [0.1, 0.15) is 24.0 Å². The van der Waals surface area contributed by atoms with Gasteiger partial charge in [0, 0.05) is 30.5 Å².